The molecule has 1 heterocycles. The molecule has 0 radical (unpaired) electrons. The van der Waals surface area contributed by atoms with Gasteiger partial charge in [-0.15, -0.1) is 0 Å². The predicted octanol–water partition coefficient (Wildman–Crippen LogP) is 3.21. The molecule has 0 saturated carbocycles. The third-order valence-corrected chi connectivity index (χ3v) is 4.24. The van der Waals surface area contributed by atoms with Gasteiger partial charge in [0, 0.05) is 13.0 Å². The molecule has 0 saturated heterocycles. The molecular weight excluding hydrogens is 290 g/mol. The SMILES string of the molecule is Cc1ccc(S(=O)(=O)Oc2ccc3nc(C)oc3c2)cc1. The highest BCUT2D eigenvalue weighted by Gasteiger charge is 2.17. The standard InChI is InChI=1S/C15H13NO4S/c1-10-3-6-13(7-4-10)21(17,18)20-12-5-8-14-15(9-12)19-11(2)16-14/h3-9H,1-2H3. The van der Waals surface area contributed by atoms with Crippen LogP contribution in [0.5, 0.6) is 5.75 Å². The molecule has 6 heteroatoms. The fourth-order valence-electron chi connectivity index (χ4n) is 1.95. The molecule has 0 fully saturated rings. The Morgan fingerprint density at radius 3 is 2.48 bits per heavy atom. The molecule has 0 aliphatic heterocycles. The summed E-state index contributed by atoms with van der Waals surface area (Å²) < 4.78 is 34.9. The van der Waals surface area contributed by atoms with E-state index in [1.165, 1.54) is 18.2 Å². The number of nitrogens with zero attached hydrogens (tertiary/aromatic N) is 1. The highest BCUT2D eigenvalue weighted by Crippen LogP contribution is 2.24. The maximum absolute atomic E-state index is 12.2. The lowest BCUT2D eigenvalue weighted by atomic mass is 10.2. The van der Waals surface area contributed by atoms with Crippen molar-refractivity contribution in [1.82, 2.24) is 4.98 Å². The number of aromatic nitrogens is 1. The van der Waals surface area contributed by atoms with Gasteiger partial charge >= 0.3 is 10.1 Å². The van der Waals surface area contributed by atoms with E-state index in [1.54, 1.807) is 31.2 Å². The van der Waals surface area contributed by atoms with E-state index in [-0.39, 0.29) is 10.6 Å². The molecule has 0 aliphatic carbocycles. The molecule has 0 amide bonds. The quantitative estimate of drug-likeness (QED) is 0.695. The van der Waals surface area contributed by atoms with Crippen LogP contribution in [0.4, 0.5) is 0 Å². The van der Waals surface area contributed by atoms with E-state index in [0.29, 0.717) is 17.0 Å². The first-order valence-corrected chi connectivity index (χ1v) is 7.73. The van der Waals surface area contributed by atoms with Crippen molar-refractivity contribution in [2.45, 2.75) is 18.7 Å². The van der Waals surface area contributed by atoms with Crippen LogP contribution in [0, 0.1) is 13.8 Å². The van der Waals surface area contributed by atoms with Gasteiger partial charge in [-0.1, -0.05) is 17.7 Å². The molecule has 3 aromatic rings. The number of fused-ring (bicyclic) bond motifs is 1. The molecule has 3 rings (SSSR count). The molecule has 0 spiro atoms. The minimum absolute atomic E-state index is 0.113. The van der Waals surface area contributed by atoms with E-state index >= 15 is 0 Å². The predicted molar refractivity (Wildman–Crippen MR) is 77.7 cm³/mol. The lowest BCUT2D eigenvalue weighted by molar-refractivity contribution is 0.485. The van der Waals surface area contributed by atoms with E-state index in [9.17, 15) is 8.42 Å². The van der Waals surface area contributed by atoms with Crippen molar-refractivity contribution in [1.29, 1.82) is 0 Å². The van der Waals surface area contributed by atoms with Gasteiger partial charge in [-0.3, -0.25) is 0 Å². The molecule has 0 aliphatic rings. The summed E-state index contributed by atoms with van der Waals surface area (Å²) in [5, 5.41) is 0. The van der Waals surface area contributed by atoms with E-state index in [2.05, 4.69) is 4.98 Å². The van der Waals surface area contributed by atoms with Crippen molar-refractivity contribution in [3.63, 3.8) is 0 Å². The second-order valence-electron chi connectivity index (χ2n) is 4.71. The fraction of sp³-hybridized carbons (Fsp3) is 0.133. The number of hydrogen-bond donors (Lipinski definition) is 0. The van der Waals surface area contributed by atoms with Crippen LogP contribution in [-0.2, 0) is 10.1 Å². The second kappa shape index (κ2) is 4.89. The van der Waals surface area contributed by atoms with Crippen LogP contribution in [-0.4, -0.2) is 13.4 Å². The molecular formula is C15H13NO4S. The zero-order valence-electron chi connectivity index (χ0n) is 11.5. The van der Waals surface area contributed by atoms with Gasteiger partial charge < -0.3 is 8.60 Å². The van der Waals surface area contributed by atoms with Gasteiger partial charge in [-0.25, -0.2) is 4.98 Å². The van der Waals surface area contributed by atoms with Crippen LogP contribution in [0.25, 0.3) is 11.1 Å². The third-order valence-electron chi connectivity index (χ3n) is 2.98. The first-order valence-electron chi connectivity index (χ1n) is 6.32. The zero-order valence-corrected chi connectivity index (χ0v) is 12.3. The Labute approximate surface area is 122 Å². The van der Waals surface area contributed by atoms with Gasteiger partial charge in [0.25, 0.3) is 0 Å². The Bertz CT molecular complexity index is 895. The largest absolute Gasteiger partial charge is 0.441 e. The molecule has 2 aromatic carbocycles. The van der Waals surface area contributed by atoms with Crippen LogP contribution >= 0.6 is 0 Å². The number of rotatable bonds is 3. The summed E-state index contributed by atoms with van der Waals surface area (Å²) in [6.45, 7) is 3.61. The second-order valence-corrected chi connectivity index (χ2v) is 6.26. The fourth-order valence-corrected chi connectivity index (χ4v) is 2.87. The lowest BCUT2D eigenvalue weighted by Crippen LogP contribution is -2.09. The van der Waals surface area contributed by atoms with Crippen molar-refractivity contribution < 1.29 is 17.0 Å². The summed E-state index contributed by atoms with van der Waals surface area (Å²) >= 11 is 0. The minimum atomic E-state index is -3.85. The van der Waals surface area contributed by atoms with Crippen LogP contribution < -0.4 is 4.18 Å². The normalized spacial score (nSPS) is 11.7. The monoisotopic (exact) mass is 303 g/mol. The number of benzene rings is 2. The number of hydrogen-bond acceptors (Lipinski definition) is 5. The number of oxazole rings is 1. The Morgan fingerprint density at radius 2 is 1.76 bits per heavy atom. The average molecular weight is 303 g/mol. The Hall–Kier alpha value is -2.34. The molecule has 21 heavy (non-hydrogen) atoms. The van der Waals surface area contributed by atoms with Gasteiger partial charge in [-0.2, -0.15) is 8.42 Å². The molecule has 0 bridgehead atoms. The maximum Gasteiger partial charge on any atom is 0.339 e. The van der Waals surface area contributed by atoms with Crippen LogP contribution in [0.1, 0.15) is 11.5 Å². The zero-order chi connectivity index (χ0) is 15.0. The molecule has 0 atom stereocenters. The van der Waals surface area contributed by atoms with Crippen LogP contribution in [0.3, 0.4) is 0 Å². The topological polar surface area (TPSA) is 69.4 Å². The van der Waals surface area contributed by atoms with Crippen LogP contribution in [0.15, 0.2) is 51.8 Å². The smallest absolute Gasteiger partial charge is 0.339 e. The Morgan fingerprint density at radius 1 is 1.05 bits per heavy atom. The van der Waals surface area contributed by atoms with Gasteiger partial charge in [0.2, 0.25) is 0 Å². The summed E-state index contributed by atoms with van der Waals surface area (Å²) in [6.07, 6.45) is 0. The van der Waals surface area contributed by atoms with Crippen LogP contribution in [0.2, 0.25) is 0 Å². The summed E-state index contributed by atoms with van der Waals surface area (Å²) in [7, 11) is -3.85. The van der Waals surface area contributed by atoms with Crippen molar-refractivity contribution in [2.75, 3.05) is 0 Å². The van der Waals surface area contributed by atoms with Crippen molar-refractivity contribution in [2.24, 2.45) is 0 Å². The van der Waals surface area contributed by atoms with Gasteiger partial charge in [0.1, 0.15) is 16.2 Å². The third kappa shape index (κ3) is 2.75. The van der Waals surface area contributed by atoms with E-state index in [1.807, 2.05) is 6.92 Å². The maximum atomic E-state index is 12.2. The highest BCUT2D eigenvalue weighted by atomic mass is 32.2. The van der Waals surface area contributed by atoms with E-state index in [0.717, 1.165) is 5.56 Å². The molecule has 1 aromatic heterocycles. The molecule has 0 N–H and O–H groups in total. The Balaban J connectivity index is 1.94. The highest BCUT2D eigenvalue weighted by molar-refractivity contribution is 7.87. The van der Waals surface area contributed by atoms with Gasteiger partial charge in [-0.05, 0) is 31.2 Å². The first kappa shape index (κ1) is 13.6. The van der Waals surface area contributed by atoms with Gasteiger partial charge in [0.15, 0.2) is 11.5 Å². The Kier molecular flexibility index (Phi) is 3.17. The minimum Gasteiger partial charge on any atom is -0.441 e. The summed E-state index contributed by atoms with van der Waals surface area (Å²) in [6, 6.07) is 11.2. The molecule has 108 valence electrons. The van der Waals surface area contributed by atoms with Crippen molar-refractivity contribution >= 4 is 21.2 Å². The summed E-state index contributed by atoms with van der Waals surface area (Å²) in [5.74, 6) is 0.711. The number of aryl methyl sites for hydroxylation is 2. The first-order chi connectivity index (χ1) is 9.94. The summed E-state index contributed by atoms with van der Waals surface area (Å²) in [4.78, 5) is 4.26. The molecule has 0 unspecified atom stereocenters. The van der Waals surface area contributed by atoms with Crippen molar-refractivity contribution in [3.8, 4) is 5.75 Å². The van der Waals surface area contributed by atoms with Gasteiger partial charge in [0.05, 0.1) is 0 Å². The molecule has 5 nitrogen and oxygen atoms in total. The summed E-state index contributed by atoms with van der Waals surface area (Å²) in [5.41, 5.74) is 2.13. The lowest BCUT2D eigenvalue weighted by Gasteiger charge is -2.06. The average Bonchev–Trinajstić information content (AvgIpc) is 2.78. The van der Waals surface area contributed by atoms with E-state index < -0.39 is 10.1 Å². The van der Waals surface area contributed by atoms with E-state index in [4.69, 9.17) is 8.60 Å². The van der Waals surface area contributed by atoms with Crippen molar-refractivity contribution in [3.05, 3.63) is 53.9 Å².